The molecule has 114 valence electrons. The molecule has 2 rings (SSSR count). The first-order chi connectivity index (χ1) is 10.2. The van der Waals surface area contributed by atoms with Crippen LogP contribution >= 0.6 is 0 Å². The third kappa shape index (κ3) is 5.19. The van der Waals surface area contributed by atoms with Crippen LogP contribution in [0.15, 0.2) is 30.3 Å². The van der Waals surface area contributed by atoms with Crippen LogP contribution in [0.3, 0.4) is 0 Å². The largest absolute Gasteiger partial charge is 0.341 e. The first-order valence-corrected chi connectivity index (χ1v) is 7.45. The summed E-state index contributed by atoms with van der Waals surface area (Å²) in [5.41, 5.74) is 1.38. The Morgan fingerprint density at radius 1 is 1.19 bits per heavy atom. The van der Waals surface area contributed by atoms with E-state index in [4.69, 9.17) is 0 Å². The van der Waals surface area contributed by atoms with Gasteiger partial charge in [0.1, 0.15) is 0 Å². The van der Waals surface area contributed by atoms with Crippen molar-refractivity contribution in [2.45, 2.75) is 19.3 Å². The van der Waals surface area contributed by atoms with Crippen molar-refractivity contribution in [3.63, 3.8) is 0 Å². The highest BCUT2D eigenvalue weighted by atomic mass is 16.2. The monoisotopic (exact) mass is 289 g/mol. The van der Waals surface area contributed by atoms with Crippen molar-refractivity contribution in [3.8, 4) is 0 Å². The number of urea groups is 1. The van der Waals surface area contributed by atoms with Crippen molar-refractivity contribution < 1.29 is 9.59 Å². The lowest BCUT2D eigenvalue weighted by molar-refractivity contribution is -0.121. The second-order valence-corrected chi connectivity index (χ2v) is 5.54. The molecule has 0 saturated carbocycles. The Morgan fingerprint density at radius 3 is 2.48 bits per heavy atom. The van der Waals surface area contributed by atoms with Crippen molar-refractivity contribution in [2.75, 3.05) is 26.7 Å². The van der Waals surface area contributed by atoms with Gasteiger partial charge in [0.25, 0.3) is 0 Å². The van der Waals surface area contributed by atoms with Crippen LogP contribution in [0.25, 0.3) is 0 Å². The average Bonchev–Trinajstić information content (AvgIpc) is 2.50. The Balaban J connectivity index is 1.71. The summed E-state index contributed by atoms with van der Waals surface area (Å²) in [6, 6.07) is 10.1. The molecule has 3 amide bonds. The van der Waals surface area contributed by atoms with Crippen LogP contribution in [-0.2, 0) is 11.2 Å². The molecule has 0 bridgehead atoms. The van der Waals surface area contributed by atoms with E-state index in [1.807, 2.05) is 6.07 Å². The summed E-state index contributed by atoms with van der Waals surface area (Å²) < 4.78 is 0. The van der Waals surface area contributed by atoms with Crippen LogP contribution < -0.4 is 10.6 Å². The van der Waals surface area contributed by atoms with Gasteiger partial charge in [0, 0.05) is 7.05 Å². The van der Waals surface area contributed by atoms with Crippen LogP contribution in [-0.4, -0.2) is 43.5 Å². The van der Waals surface area contributed by atoms with Gasteiger partial charge in [-0.1, -0.05) is 30.3 Å². The molecule has 1 aromatic rings. The number of nitrogens with zero attached hydrogens (tertiary/aromatic N) is 1. The van der Waals surface area contributed by atoms with E-state index in [1.165, 1.54) is 12.6 Å². The number of carbonyl (C=O) groups excluding carboxylic acids is 2. The number of amides is 3. The van der Waals surface area contributed by atoms with E-state index in [2.05, 4.69) is 39.8 Å². The Bertz CT molecular complexity index is 468. The number of carbonyl (C=O) groups is 2. The normalized spacial score (nSPS) is 16.4. The molecule has 5 heteroatoms. The third-order valence-electron chi connectivity index (χ3n) is 3.92. The van der Waals surface area contributed by atoms with Crippen LogP contribution in [0, 0.1) is 5.92 Å². The zero-order valence-corrected chi connectivity index (χ0v) is 12.5. The number of hydrogen-bond acceptors (Lipinski definition) is 3. The summed E-state index contributed by atoms with van der Waals surface area (Å²) >= 11 is 0. The molecule has 0 atom stereocenters. The number of rotatable bonds is 4. The van der Waals surface area contributed by atoms with E-state index in [-0.39, 0.29) is 5.91 Å². The van der Waals surface area contributed by atoms with Crippen molar-refractivity contribution in [1.82, 2.24) is 15.5 Å². The fourth-order valence-corrected chi connectivity index (χ4v) is 2.73. The van der Waals surface area contributed by atoms with Gasteiger partial charge in [-0.05, 0) is 43.8 Å². The van der Waals surface area contributed by atoms with Gasteiger partial charge in [-0.2, -0.15) is 0 Å². The number of piperidine rings is 1. The maximum absolute atomic E-state index is 11.6. The molecule has 1 aliphatic rings. The number of likely N-dealkylation sites (tertiary alicyclic amines) is 1. The smallest absolute Gasteiger partial charge is 0.321 e. The molecule has 2 N–H and O–H groups in total. The van der Waals surface area contributed by atoms with Gasteiger partial charge in [0.2, 0.25) is 5.91 Å². The van der Waals surface area contributed by atoms with Gasteiger partial charge in [-0.25, -0.2) is 4.79 Å². The summed E-state index contributed by atoms with van der Waals surface area (Å²) in [4.78, 5) is 24.8. The molecule has 5 nitrogen and oxygen atoms in total. The molecule has 1 aromatic carbocycles. The Hall–Kier alpha value is -1.88. The van der Waals surface area contributed by atoms with Crippen molar-refractivity contribution >= 4 is 11.9 Å². The molecule has 0 unspecified atom stereocenters. The van der Waals surface area contributed by atoms with E-state index in [1.54, 1.807) is 0 Å². The number of nitrogens with one attached hydrogen (secondary N) is 2. The first-order valence-electron chi connectivity index (χ1n) is 7.45. The molecule has 0 aliphatic carbocycles. The van der Waals surface area contributed by atoms with Gasteiger partial charge < -0.3 is 5.32 Å². The zero-order chi connectivity index (χ0) is 15.1. The molecule has 1 aliphatic heterocycles. The second-order valence-electron chi connectivity index (χ2n) is 5.54. The van der Waals surface area contributed by atoms with E-state index in [0.29, 0.717) is 12.5 Å². The standard InChI is InChI=1S/C16H23N3O2/c1-17-16(21)18-15(20)12-19-9-7-14(8-10-19)11-13-5-3-2-4-6-13/h2-6,14H,7-12H2,1H3,(H2,17,18,20,21). The van der Waals surface area contributed by atoms with Crippen LogP contribution in [0.5, 0.6) is 0 Å². The third-order valence-corrected chi connectivity index (χ3v) is 3.92. The maximum Gasteiger partial charge on any atom is 0.321 e. The van der Waals surface area contributed by atoms with Gasteiger partial charge in [0.05, 0.1) is 6.54 Å². The topological polar surface area (TPSA) is 61.4 Å². The predicted molar refractivity (Wildman–Crippen MR) is 81.9 cm³/mol. The lowest BCUT2D eigenvalue weighted by atomic mass is 9.90. The summed E-state index contributed by atoms with van der Waals surface area (Å²) in [6.07, 6.45) is 3.31. The number of hydrogen-bond donors (Lipinski definition) is 2. The molecule has 0 radical (unpaired) electrons. The molecular weight excluding hydrogens is 266 g/mol. The molecule has 0 spiro atoms. The Kier molecular flexibility index (Phi) is 5.75. The Morgan fingerprint density at radius 2 is 1.86 bits per heavy atom. The van der Waals surface area contributed by atoms with Gasteiger partial charge in [-0.15, -0.1) is 0 Å². The summed E-state index contributed by atoms with van der Waals surface area (Å²) in [7, 11) is 1.50. The minimum absolute atomic E-state index is 0.240. The molecule has 21 heavy (non-hydrogen) atoms. The molecule has 1 heterocycles. The fourth-order valence-electron chi connectivity index (χ4n) is 2.73. The molecule has 1 saturated heterocycles. The lowest BCUT2D eigenvalue weighted by Gasteiger charge is -2.31. The summed E-state index contributed by atoms with van der Waals surface area (Å²) in [6.45, 7) is 2.13. The van der Waals surface area contributed by atoms with Crippen LogP contribution in [0.4, 0.5) is 4.79 Å². The average molecular weight is 289 g/mol. The second kappa shape index (κ2) is 7.78. The highest BCUT2D eigenvalue weighted by Gasteiger charge is 2.21. The summed E-state index contributed by atoms with van der Waals surface area (Å²) in [5, 5.41) is 4.68. The summed E-state index contributed by atoms with van der Waals surface area (Å²) in [5.74, 6) is 0.446. The minimum atomic E-state index is -0.445. The van der Waals surface area contributed by atoms with Crippen molar-refractivity contribution in [2.24, 2.45) is 5.92 Å². The fraction of sp³-hybridized carbons (Fsp3) is 0.500. The minimum Gasteiger partial charge on any atom is -0.341 e. The number of imide groups is 1. The zero-order valence-electron chi connectivity index (χ0n) is 12.5. The quantitative estimate of drug-likeness (QED) is 0.880. The SMILES string of the molecule is CNC(=O)NC(=O)CN1CCC(Cc2ccccc2)CC1. The van der Waals surface area contributed by atoms with Crippen molar-refractivity contribution in [3.05, 3.63) is 35.9 Å². The molecular formula is C16H23N3O2. The highest BCUT2D eigenvalue weighted by molar-refractivity contribution is 5.95. The van der Waals surface area contributed by atoms with E-state index >= 15 is 0 Å². The highest BCUT2D eigenvalue weighted by Crippen LogP contribution is 2.21. The number of benzene rings is 1. The maximum atomic E-state index is 11.6. The van der Waals surface area contributed by atoms with E-state index in [9.17, 15) is 9.59 Å². The van der Waals surface area contributed by atoms with Crippen molar-refractivity contribution in [1.29, 1.82) is 0 Å². The van der Waals surface area contributed by atoms with Gasteiger partial charge in [-0.3, -0.25) is 15.0 Å². The van der Waals surface area contributed by atoms with Gasteiger partial charge >= 0.3 is 6.03 Å². The van der Waals surface area contributed by atoms with Crippen LogP contribution in [0.2, 0.25) is 0 Å². The van der Waals surface area contributed by atoms with Gasteiger partial charge in [0.15, 0.2) is 0 Å². The Labute approximate surface area is 125 Å². The molecule has 1 fully saturated rings. The van der Waals surface area contributed by atoms with E-state index < -0.39 is 6.03 Å². The van der Waals surface area contributed by atoms with E-state index in [0.717, 1.165) is 32.4 Å². The lowest BCUT2D eigenvalue weighted by Crippen LogP contribution is -2.45. The van der Waals surface area contributed by atoms with Crippen LogP contribution in [0.1, 0.15) is 18.4 Å². The molecule has 0 aromatic heterocycles. The predicted octanol–water partition coefficient (Wildman–Crippen LogP) is 1.40. The first kappa shape index (κ1) is 15.5.